The number of hydrogen-bond acceptors (Lipinski definition) is 4. The molecule has 1 atom stereocenters. The Morgan fingerprint density at radius 3 is 3.00 bits per heavy atom. The summed E-state index contributed by atoms with van der Waals surface area (Å²) in [5, 5.41) is 7.59. The first-order valence-corrected chi connectivity index (χ1v) is 6.13. The van der Waals surface area contributed by atoms with Crippen LogP contribution >= 0.6 is 11.3 Å². The molecule has 0 amide bonds. The van der Waals surface area contributed by atoms with Gasteiger partial charge in [0.1, 0.15) is 5.82 Å². The van der Waals surface area contributed by atoms with Gasteiger partial charge in [-0.15, -0.1) is 0 Å². The van der Waals surface area contributed by atoms with E-state index in [-0.39, 0.29) is 0 Å². The van der Waals surface area contributed by atoms with Crippen molar-refractivity contribution < 1.29 is 0 Å². The number of nitrogens with zero attached hydrogens (tertiary/aromatic N) is 1. The Kier molecular flexibility index (Phi) is 3.54. The molecule has 0 aliphatic heterocycles. The molecule has 0 fully saturated rings. The van der Waals surface area contributed by atoms with Gasteiger partial charge in [0.05, 0.1) is 0 Å². The van der Waals surface area contributed by atoms with Crippen LogP contribution < -0.4 is 11.1 Å². The second-order valence-corrected chi connectivity index (χ2v) is 4.47. The second-order valence-electron chi connectivity index (χ2n) is 3.69. The Bertz CT molecular complexity index is 439. The highest BCUT2D eigenvalue weighted by Gasteiger charge is 2.10. The number of nitrogens with two attached hydrogens (primary N) is 1. The van der Waals surface area contributed by atoms with Crippen LogP contribution in [0.4, 0.5) is 5.82 Å². The number of aromatic nitrogens is 1. The van der Waals surface area contributed by atoms with E-state index in [0.29, 0.717) is 11.9 Å². The fourth-order valence-electron chi connectivity index (χ4n) is 1.72. The summed E-state index contributed by atoms with van der Waals surface area (Å²) >= 11 is 1.72. The molecule has 3 N–H and O–H groups in total. The lowest BCUT2D eigenvalue weighted by Crippen LogP contribution is -2.18. The summed E-state index contributed by atoms with van der Waals surface area (Å²) in [6, 6.07) is 6.42. The van der Waals surface area contributed by atoms with E-state index in [1.807, 2.05) is 19.2 Å². The maximum Gasteiger partial charge on any atom is 0.123 e. The first-order valence-electron chi connectivity index (χ1n) is 5.19. The van der Waals surface area contributed by atoms with E-state index in [0.717, 1.165) is 6.42 Å². The summed E-state index contributed by atoms with van der Waals surface area (Å²) in [5.74, 6) is 0.581. The lowest BCUT2D eigenvalue weighted by molar-refractivity contribution is 0.594. The van der Waals surface area contributed by atoms with Crippen molar-refractivity contribution in [2.24, 2.45) is 0 Å². The van der Waals surface area contributed by atoms with E-state index >= 15 is 0 Å². The van der Waals surface area contributed by atoms with Gasteiger partial charge in [-0.25, -0.2) is 4.98 Å². The largest absolute Gasteiger partial charge is 0.384 e. The highest BCUT2D eigenvalue weighted by atomic mass is 32.1. The molecule has 2 aromatic heterocycles. The Labute approximate surface area is 99.3 Å². The lowest BCUT2D eigenvalue weighted by Gasteiger charge is -2.15. The van der Waals surface area contributed by atoms with Crippen molar-refractivity contribution in [3.63, 3.8) is 0 Å². The van der Waals surface area contributed by atoms with Gasteiger partial charge in [-0.3, -0.25) is 0 Å². The summed E-state index contributed by atoms with van der Waals surface area (Å²) in [5.41, 5.74) is 8.19. The molecule has 0 spiro atoms. The molecule has 2 rings (SSSR count). The molecule has 2 heterocycles. The maximum atomic E-state index is 5.66. The fraction of sp³-hybridized carbons (Fsp3) is 0.250. The van der Waals surface area contributed by atoms with Crippen LogP contribution in [0, 0.1) is 0 Å². The minimum Gasteiger partial charge on any atom is -0.384 e. The Balaban J connectivity index is 2.13. The molecular weight excluding hydrogens is 218 g/mol. The summed E-state index contributed by atoms with van der Waals surface area (Å²) in [6.45, 7) is 0. The average Bonchev–Trinajstić information content (AvgIpc) is 2.79. The summed E-state index contributed by atoms with van der Waals surface area (Å²) in [6.07, 6.45) is 2.69. The third-order valence-corrected chi connectivity index (χ3v) is 3.28. The number of nitrogen functional groups attached to an aromatic ring is 1. The molecule has 0 saturated carbocycles. The highest BCUT2D eigenvalue weighted by molar-refractivity contribution is 7.07. The first kappa shape index (κ1) is 11.1. The maximum absolute atomic E-state index is 5.66. The van der Waals surface area contributed by atoms with Crippen molar-refractivity contribution in [3.8, 4) is 0 Å². The van der Waals surface area contributed by atoms with Crippen LogP contribution in [0.5, 0.6) is 0 Å². The first-order chi connectivity index (χ1) is 7.79. The van der Waals surface area contributed by atoms with E-state index in [1.54, 1.807) is 17.5 Å². The molecule has 3 nitrogen and oxygen atoms in total. The van der Waals surface area contributed by atoms with Gasteiger partial charge >= 0.3 is 0 Å². The molecular formula is C12H15N3S. The Morgan fingerprint density at radius 1 is 1.50 bits per heavy atom. The number of nitrogens with one attached hydrogen (secondary N) is 1. The van der Waals surface area contributed by atoms with Crippen molar-refractivity contribution in [3.05, 3.63) is 46.3 Å². The number of rotatable bonds is 4. The summed E-state index contributed by atoms with van der Waals surface area (Å²) < 4.78 is 0. The Morgan fingerprint density at radius 2 is 2.38 bits per heavy atom. The molecule has 1 unspecified atom stereocenters. The van der Waals surface area contributed by atoms with Gasteiger partial charge in [-0.1, -0.05) is 0 Å². The molecule has 0 aliphatic rings. The average molecular weight is 233 g/mol. The molecule has 84 valence electrons. The monoisotopic (exact) mass is 233 g/mol. The van der Waals surface area contributed by atoms with E-state index in [1.165, 1.54) is 11.1 Å². The number of hydrogen-bond donors (Lipinski definition) is 2. The van der Waals surface area contributed by atoms with Crippen molar-refractivity contribution >= 4 is 17.2 Å². The Hall–Kier alpha value is -1.39. The lowest BCUT2D eigenvalue weighted by atomic mass is 10.0. The molecule has 0 bridgehead atoms. The zero-order chi connectivity index (χ0) is 11.4. The van der Waals surface area contributed by atoms with Crippen LogP contribution in [-0.2, 0) is 6.42 Å². The predicted molar refractivity (Wildman–Crippen MR) is 68.5 cm³/mol. The number of likely N-dealkylation sites (N-methyl/N-ethyl adjacent to an activating group) is 1. The smallest absolute Gasteiger partial charge is 0.123 e. The third kappa shape index (κ3) is 2.59. The number of thiophene rings is 1. The van der Waals surface area contributed by atoms with E-state index in [2.05, 4.69) is 27.1 Å². The van der Waals surface area contributed by atoms with Gasteiger partial charge in [0.15, 0.2) is 0 Å². The number of anilines is 1. The standard InChI is InChI=1S/C12H15N3S/c1-14-11(10-3-5-16-8-10)6-9-2-4-15-12(13)7-9/h2-5,7-8,11,14H,6H2,1H3,(H2,13,15). The molecule has 0 radical (unpaired) electrons. The molecule has 0 saturated heterocycles. The van der Waals surface area contributed by atoms with Crippen LogP contribution in [0.3, 0.4) is 0 Å². The number of pyridine rings is 1. The van der Waals surface area contributed by atoms with Crippen LogP contribution in [0.2, 0.25) is 0 Å². The highest BCUT2D eigenvalue weighted by Crippen LogP contribution is 2.20. The minimum atomic E-state index is 0.341. The van der Waals surface area contributed by atoms with E-state index < -0.39 is 0 Å². The SMILES string of the molecule is CNC(Cc1ccnc(N)c1)c1ccsc1. The molecule has 16 heavy (non-hydrogen) atoms. The second kappa shape index (κ2) is 5.09. The van der Waals surface area contributed by atoms with Crippen LogP contribution in [0.1, 0.15) is 17.2 Å². The predicted octanol–water partition coefficient (Wildman–Crippen LogP) is 2.23. The zero-order valence-corrected chi connectivity index (χ0v) is 10.00. The van der Waals surface area contributed by atoms with Crippen molar-refractivity contribution in [2.75, 3.05) is 12.8 Å². The minimum absolute atomic E-state index is 0.341. The van der Waals surface area contributed by atoms with Crippen molar-refractivity contribution in [1.29, 1.82) is 0 Å². The summed E-state index contributed by atoms with van der Waals surface area (Å²) in [7, 11) is 1.98. The van der Waals surface area contributed by atoms with Crippen LogP contribution in [-0.4, -0.2) is 12.0 Å². The van der Waals surface area contributed by atoms with Crippen LogP contribution in [0.25, 0.3) is 0 Å². The normalized spacial score (nSPS) is 12.6. The van der Waals surface area contributed by atoms with Crippen molar-refractivity contribution in [2.45, 2.75) is 12.5 Å². The van der Waals surface area contributed by atoms with Crippen molar-refractivity contribution in [1.82, 2.24) is 10.3 Å². The topological polar surface area (TPSA) is 50.9 Å². The zero-order valence-electron chi connectivity index (χ0n) is 9.18. The third-order valence-electron chi connectivity index (χ3n) is 2.58. The van der Waals surface area contributed by atoms with E-state index in [9.17, 15) is 0 Å². The van der Waals surface area contributed by atoms with Gasteiger partial charge in [0, 0.05) is 12.2 Å². The fourth-order valence-corrected chi connectivity index (χ4v) is 2.43. The van der Waals surface area contributed by atoms with Gasteiger partial charge in [0.2, 0.25) is 0 Å². The quantitative estimate of drug-likeness (QED) is 0.851. The molecule has 4 heteroatoms. The van der Waals surface area contributed by atoms with Gasteiger partial charge in [-0.05, 0) is 53.6 Å². The molecule has 0 aromatic carbocycles. The summed E-state index contributed by atoms with van der Waals surface area (Å²) in [4.78, 5) is 4.00. The van der Waals surface area contributed by atoms with Gasteiger partial charge in [0.25, 0.3) is 0 Å². The van der Waals surface area contributed by atoms with Crippen LogP contribution in [0.15, 0.2) is 35.2 Å². The van der Waals surface area contributed by atoms with E-state index in [4.69, 9.17) is 5.73 Å². The van der Waals surface area contributed by atoms with Gasteiger partial charge in [-0.2, -0.15) is 11.3 Å². The molecule has 0 aliphatic carbocycles. The van der Waals surface area contributed by atoms with Gasteiger partial charge < -0.3 is 11.1 Å². The molecule has 2 aromatic rings.